The number of aromatic nitrogens is 2. The van der Waals surface area contributed by atoms with Gasteiger partial charge in [0.05, 0.1) is 13.2 Å². The molecule has 0 bridgehead atoms. The van der Waals surface area contributed by atoms with Crippen molar-refractivity contribution in [2.75, 3.05) is 32.1 Å². The molecule has 6 heteroatoms. The average molecular weight is 324 g/mol. The second-order valence-corrected chi connectivity index (χ2v) is 5.43. The molecule has 1 fully saturated rings. The first-order chi connectivity index (χ1) is 11.8. The van der Waals surface area contributed by atoms with Gasteiger partial charge < -0.3 is 15.0 Å². The van der Waals surface area contributed by atoms with Crippen molar-refractivity contribution in [3.63, 3.8) is 0 Å². The molecule has 0 spiro atoms. The van der Waals surface area contributed by atoms with Crippen molar-refractivity contribution < 1.29 is 9.53 Å². The van der Waals surface area contributed by atoms with Crippen LogP contribution >= 0.6 is 0 Å². The number of carbonyl (C=O) groups is 1. The van der Waals surface area contributed by atoms with Crippen molar-refractivity contribution in [3.8, 4) is 0 Å². The molecule has 0 saturated carbocycles. The predicted octanol–water partition coefficient (Wildman–Crippen LogP) is 2.13. The molecule has 1 aromatic carbocycles. The van der Waals surface area contributed by atoms with Crippen LogP contribution in [0, 0.1) is 0 Å². The van der Waals surface area contributed by atoms with Gasteiger partial charge in [0.2, 0.25) is 5.91 Å². The highest BCUT2D eigenvalue weighted by Gasteiger charge is 2.27. The number of anilines is 1. The van der Waals surface area contributed by atoms with Crippen molar-refractivity contribution in [3.05, 3.63) is 60.1 Å². The van der Waals surface area contributed by atoms with Gasteiger partial charge in [-0.2, -0.15) is 0 Å². The second kappa shape index (κ2) is 7.70. The van der Waals surface area contributed by atoms with E-state index in [1.54, 1.807) is 30.4 Å². The van der Waals surface area contributed by atoms with E-state index in [4.69, 9.17) is 4.74 Å². The Kier molecular flexibility index (Phi) is 5.18. The minimum absolute atomic E-state index is 0.0259. The van der Waals surface area contributed by atoms with Gasteiger partial charge in [-0.15, -0.1) is 0 Å². The molecule has 1 aliphatic heterocycles. The van der Waals surface area contributed by atoms with E-state index in [1.807, 2.05) is 36.4 Å². The highest BCUT2D eigenvalue weighted by molar-refractivity contribution is 5.91. The summed E-state index contributed by atoms with van der Waals surface area (Å²) in [6.07, 6.45) is 6.42. The maximum absolute atomic E-state index is 12.4. The number of nitrogens with one attached hydrogen (secondary N) is 1. The van der Waals surface area contributed by atoms with Crippen LogP contribution in [0.15, 0.2) is 48.8 Å². The van der Waals surface area contributed by atoms with Gasteiger partial charge in [-0.25, -0.2) is 4.98 Å². The highest BCUT2D eigenvalue weighted by Crippen LogP contribution is 2.25. The third-order valence-electron chi connectivity index (χ3n) is 3.86. The van der Waals surface area contributed by atoms with E-state index >= 15 is 0 Å². The number of rotatable bonds is 4. The lowest BCUT2D eigenvalue weighted by Gasteiger charge is -2.32. The SMILES string of the molecule is CNc1nccnc1C1CN(C(=O)/C=C/c2ccccc2)CCO1. The Morgan fingerprint density at radius 3 is 2.88 bits per heavy atom. The lowest BCUT2D eigenvalue weighted by molar-refractivity contribution is -0.133. The number of benzene rings is 1. The highest BCUT2D eigenvalue weighted by atomic mass is 16.5. The summed E-state index contributed by atoms with van der Waals surface area (Å²) >= 11 is 0. The molecule has 2 aromatic rings. The number of carbonyl (C=O) groups excluding carboxylic acids is 1. The number of hydrogen-bond acceptors (Lipinski definition) is 5. The summed E-state index contributed by atoms with van der Waals surface area (Å²) in [5.74, 6) is 0.652. The first-order valence-corrected chi connectivity index (χ1v) is 7.90. The van der Waals surface area contributed by atoms with Crippen LogP contribution in [-0.2, 0) is 9.53 Å². The van der Waals surface area contributed by atoms with Gasteiger partial charge in [-0.3, -0.25) is 9.78 Å². The zero-order chi connectivity index (χ0) is 16.8. The largest absolute Gasteiger partial charge is 0.372 e. The van der Waals surface area contributed by atoms with Gasteiger partial charge in [0.1, 0.15) is 17.6 Å². The smallest absolute Gasteiger partial charge is 0.246 e. The van der Waals surface area contributed by atoms with Gasteiger partial charge in [-0.1, -0.05) is 30.3 Å². The third-order valence-corrected chi connectivity index (χ3v) is 3.86. The van der Waals surface area contributed by atoms with E-state index in [2.05, 4.69) is 15.3 Å². The Morgan fingerprint density at radius 2 is 2.08 bits per heavy atom. The van der Waals surface area contributed by atoms with Crippen LogP contribution in [0.5, 0.6) is 0 Å². The molecule has 0 aliphatic carbocycles. The Balaban J connectivity index is 1.69. The summed E-state index contributed by atoms with van der Waals surface area (Å²) in [6, 6.07) is 9.77. The Labute approximate surface area is 141 Å². The minimum Gasteiger partial charge on any atom is -0.372 e. The van der Waals surface area contributed by atoms with E-state index < -0.39 is 0 Å². The molecule has 1 N–H and O–H groups in total. The van der Waals surface area contributed by atoms with Gasteiger partial charge in [0.15, 0.2) is 0 Å². The fourth-order valence-electron chi connectivity index (χ4n) is 2.63. The molecule has 1 amide bonds. The lowest BCUT2D eigenvalue weighted by atomic mass is 10.1. The van der Waals surface area contributed by atoms with E-state index in [0.29, 0.717) is 25.5 Å². The maximum atomic E-state index is 12.4. The van der Waals surface area contributed by atoms with Gasteiger partial charge in [-0.05, 0) is 11.6 Å². The fraction of sp³-hybridized carbons (Fsp3) is 0.278. The molecule has 0 radical (unpaired) electrons. The van der Waals surface area contributed by atoms with Crippen LogP contribution < -0.4 is 5.32 Å². The number of hydrogen-bond donors (Lipinski definition) is 1. The predicted molar refractivity (Wildman–Crippen MR) is 92.3 cm³/mol. The van der Waals surface area contributed by atoms with E-state index in [1.165, 1.54) is 0 Å². The molecule has 1 atom stereocenters. The average Bonchev–Trinajstić information content (AvgIpc) is 2.67. The second-order valence-electron chi connectivity index (χ2n) is 5.43. The maximum Gasteiger partial charge on any atom is 0.246 e. The summed E-state index contributed by atoms with van der Waals surface area (Å²) in [4.78, 5) is 22.8. The monoisotopic (exact) mass is 324 g/mol. The number of amides is 1. The van der Waals surface area contributed by atoms with E-state index in [9.17, 15) is 4.79 Å². The molecule has 3 rings (SSSR count). The standard InChI is InChI=1S/C18H20N4O2/c1-19-18-17(20-9-10-21-18)15-13-22(11-12-24-15)16(23)8-7-14-5-3-2-4-6-14/h2-10,15H,11-13H2,1H3,(H,19,21)/b8-7+. The summed E-state index contributed by atoms with van der Waals surface area (Å²) in [7, 11) is 1.79. The molecule has 6 nitrogen and oxygen atoms in total. The molecule has 1 aromatic heterocycles. The topological polar surface area (TPSA) is 67.4 Å². The number of ether oxygens (including phenoxy) is 1. The fourth-order valence-corrected chi connectivity index (χ4v) is 2.63. The molecule has 1 saturated heterocycles. The summed E-state index contributed by atoms with van der Waals surface area (Å²) in [6.45, 7) is 1.52. The normalized spacial score (nSPS) is 17.9. The molecular formula is C18H20N4O2. The number of morpholine rings is 1. The zero-order valence-corrected chi connectivity index (χ0v) is 13.6. The molecule has 2 heterocycles. The van der Waals surface area contributed by atoms with Crippen molar-refractivity contribution in [1.82, 2.24) is 14.9 Å². The van der Waals surface area contributed by atoms with Gasteiger partial charge in [0, 0.05) is 32.1 Å². The molecule has 1 unspecified atom stereocenters. The van der Waals surface area contributed by atoms with Crippen LogP contribution in [0.4, 0.5) is 5.82 Å². The van der Waals surface area contributed by atoms with Crippen molar-refractivity contribution in [2.45, 2.75) is 6.10 Å². The summed E-state index contributed by atoms with van der Waals surface area (Å²) in [5.41, 5.74) is 1.73. The minimum atomic E-state index is -0.274. The molecule has 24 heavy (non-hydrogen) atoms. The Bertz CT molecular complexity index is 718. The first kappa shape index (κ1) is 16.1. The Hall–Kier alpha value is -2.73. The van der Waals surface area contributed by atoms with E-state index in [0.717, 1.165) is 11.3 Å². The van der Waals surface area contributed by atoms with Crippen molar-refractivity contribution >= 4 is 17.8 Å². The first-order valence-electron chi connectivity index (χ1n) is 7.90. The van der Waals surface area contributed by atoms with Crippen molar-refractivity contribution in [1.29, 1.82) is 0 Å². The summed E-state index contributed by atoms with van der Waals surface area (Å²) in [5, 5.41) is 3.01. The Morgan fingerprint density at radius 1 is 1.29 bits per heavy atom. The van der Waals surface area contributed by atoms with Crippen LogP contribution in [-0.4, -0.2) is 47.5 Å². The molecule has 1 aliphatic rings. The third kappa shape index (κ3) is 3.78. The zero-order valence-electron chi connectivity index (χ0n) is 13.6. The van der Waals surface area contributed by atoms with Crippen molar-refractivity contribution in [2.24, 2.45) is 0 Å². The molecular weight excluding hydrogens is 304 g/mol. The van der Waals surface area contributed by atoms with Gasteiger partial charge >= 0.3 is 0 Å². The quantitative estimate of drug-likeness (QED) is 0.873. The summed E-state index contributed by atoms with van der Waals surface area (Å²) < 4.78 is 5.79. The van der Waals surface area contributed by atoms with Crippen LogP contribution in [0.25, 0.3) is 6.08 Å². The van der Waals surface area contributed by atoms with Gasteiger partial charge in [0.25, 0.3) is 0 Å². The lowest BCUT2D eigenvalue weighted by Crippen LogP contribution is -2.41. The van der Waals surface area contributed by atoms with Crippen LogP contribution in [0.2, 0.25) is 0 Å². The molecule has 124 valence electrons. The van der Waals surface area contributed by atoms with E-state index in [-0.39, 0.29) is 12.0 Å². The van der Waals surface area contributed by atoms with Crippen LogP contribution in [0.3, 0.4) is 0 Å². The number of nitrogens with zero attached hydrogens (tertiary/aromatic N) is 3. The van der Waals surface area contributed by atoms with Crippen LogP contribution in [0.1, 0.15) is 17.4 Å².